The Morgan fingerprint density at radius 2 is 1.88 bits per heavy atom. The van der Waals surface area contributed by atoms with E-state index < -0.39 is 6.03 Å². The second kappa shape index (κ2) is 7.62. The molecule has 0 aromatic heterocycles. The van der Waals surface area contributed by atoms with Gasteiger partial charge in [-0.1, -0.05) is 48.0 Å². The fraction of sp³-hybridized carbons (Fsp3) is 0.200. The molecule has 26 heavy (non-hydrogen) atoms. The highest BCUT2D eigenvalue weighted by Crippen LogP contribution is 2.27. The number of hydrogen-bond donors (Lipinski definition) is 1. The Morgan fingerprint density at radius 1 is 1.15 bits per heavy atom. The molecular formula is C20H19ClN2O3. The molecular weight excluding hydrogens is 352 g/mol. The van der Waals surface area contributed by atoms with Gasteiger partial charge in [-0.25, -0.2) is 4.79 Å². The standard InChI is InChI=1S/C20H19ClN2O3/c1-13(2)26-18-9-8-15(10-16(18)21)11-17-19(24)23(20(25)22-17)12-14-6-4-3-5-7-14/h3-11,13H,12H2,1-2H3,(H,22,25). The Balaban J connectivity index is 1.78. The molecule has 0 bridgehead atoms. The minimum absolute atomic E-state index is 0.0129. The average Bonchev–Trinajstić information content (AvgIpc) is 2.85. The highest BCUT2D eigenvalue weighted by Gasteiger charge is 2.33. The average molecular weight is 371 g/mol. The fourth-order valence-electron chi connectivity index (χ4n) is 2.60. The molecule has 5 nitrogen and oxygen atoms in total. The van der Waals surface area contributed by atoms with Crippen LogP contribution in [0.3, 0.4) is 0 Å². The first kappa shape index (κ1) is 18.0. The van der Waals surface area contributed by atoms with E-state index in [1.165, 1.54) is 4.90 Å². The highest BCUT2D eigenvalue weighted by molar-refractivity contribution is 6.32. The van der Waals surface area contributed by atoms with Gasteiger partial charge in [0.1, 0.15) is 11.4 Å². The van der Waals surface area contributed by atoms with E-state index in [1.54, 1.807) is 24.3 Å². The summed E-state index contributed by atoms with van der Waals surface area (Å²) in [5, 5.41) is 3.06. The molecule has 0 atom stereocenters. The van der Waals surface area contributed by atoms with Crippen LogP contribution in [0.2, 0.25) is 5.02 Å². The van der Waals surface area contributed by atoms with Gasteiger partial charge >= 0.3 is 6.03 Å². The minimum atomic E-state index is -0.434. The van der Waals surface area contributed by atoms with Gasteiger partial charge in [0, 0.05) is 0 Å². The van der Waals surface area contributed by atoms with Crippen LogP contribution < -0.4 is 10.1 Å². The van der Waals surface area contributed by atoms with Crippen molar-refractivity contribution in [2.24, 2.45) is 0 Å². The summed E-state index contributed by atoms with van der Waals surface area (Å²) >= 11 is 6.22. The summed E-state index contributed by atoms with van der Waals surface area (Å²) in [7, 11) is 0. The Labute approximate surface area is 157 Å². The third kappa shape index (κ3) is 4.06. The second-order valence-corrected chi connectivity index (χ2v) is 6.63. The van der Waals surface area contributed by atoms with Crippen molar-refractivity contribution in [3.8, 4) is 5.75 Å². The molecule has 0 spiro atoms. The number of halogens is 1. The molecule has 1 fully saturated rings. The number of nitrogens with one attached hydrogen (secondary N) is 1. The second-order valence-electron chi connectivity index (χ2n) is 6.22. The monoisotopic (exact) mass is 370 g/mol. The number of ether oxygens (including phenoxy) is 1. The third-order valence-corrected chi connectivity index (χ3v) is 4.07. The van der Waals surface area contributed by atoms with Crippen LogP contribution in [0.4, 0.5) is 4.79 Å². The van der Waals surface area contributed by atoms with Crippen molar-refractivity contribution in [2.75, 3.05) is 0 Å². The first-order valence-corrected chi connectivity index (χ1v) is 8.66. The van der Waals surface area contributed by atoms with Crippen LogP contribution >= 0.6 is 11.6 Å². The number of amides is 3. The van der Waals surface area contributed by atoms with Crippen LogP contribution in [0.15, 0.2) is 54.2 Å². The lowest BCUT2D eigenvalue weighted by atomic mass is 10.1. The first-order valence-electron chi connectivity index (χ1n) is 8.28. The van der Waals surface area contributed by atoms with E-state index in [0.717, 1.165) is 5.56 Å². The van der Waals surface area contributed by atoms with Crippen LogP contribution in [0, 0.1) is 0 Å². The summed E-state index contributed by atoms with van der Waals surface area (Å²) < 4.78 is 5.59. The maximum atomic E-state index is 12.5. The number of imide groups is 1. The number of nitrogens with zero attached hydrogens (tertiary/aromatic N) is 1. The largest absolute Gasteiger partial charge is 0.489 e. The number of urea groups is 1. The molecule has 1 aliphatic rings. The Morgan fingerprint density at radius 3 is 2.54 bits per heavy atom. The lowest BCUT2D eigenvalue weighted by Gasteiger charge is -2.12. The maximum Gasteiger partial charge on any atom is 0.329 e. The van der Waals surface area contributed by atoms with Crippen molar-refractivity contribution in [3.05, 3.63) is 70.4 Å². The van der Waals surface area contributed by atoms with Crippen molar-refractivity contribution < 1.29 is 14.3 Å². The summed E-state index contributed by atoms with van der Waals surface area (Å²) in [5.41, 5.74) is 1.81. The van der Waals surface area contributed by atoms with Gasteiger partial charge in [-0.2, -0.15) is 0 Å². The topological polar surface area (TPSA) is 58.6 Å². The quantitative estimate of drug-likeness (QED) is 0.633. The van der Waals surface area contributed by atoms with Gasteiger partial charge in [-0.3, -0.25) is 9.69 Å². The van der Waals surface area contributed by atoms with Gasteiger partial charge < -0.3 is 10.1 Å². The molecule has 1 saturated heterocycles. The van der Waals surface area contributed by atoms with Gasteiger partial charge in [0.15, 0.2) is 0 Å². The first-order chi connectivity index (χ1) is 12.4. The van der Waals surface area contributed by atoms with Gasteiger partial charge in [-0.15, -0.1) is 0 Å². The molecule has 1 heterocycles. The van der Waals surface area contributed by atoms with Crippen LogP contribution in [0.1, 0.15) is 25.0 Å². The SMILES string of the molecule is CC(C)Oc1ccc(C=C2NC(=O)N(Cc3ccccc3)C2=O)cc1Cl. The molecule has 0 aliphatic carbocycles. The van der Waals surface area contributed by atoms with Crippen molar-refractivity contribution in [2.45, 2.75) is 26.5 Å². The molecule has 134 valence electrons. The van der Waals surface area contributed by atoms with Crippen molar-refractivity contribution in [3.63, 3.8) is 0 Å². The molecule has 3 rings (SSSR count). The predicted molar refractivity (Wildman–Crippen MR) is 101 cm³/mol. The number of benzene rings is 2. The molecule has 2 aromatic rings. The number of carbonyl (C=O) groups is 2. The predicted octanol–water partition coefficient (Wildman–Crippen LogP) is 4.22. The number of hydrogen-bond acceptors (Lipinski definition) is 3. The van der Waals surface area contributed by atoms with E-state index in [9.17, 15) is 9.59 Å². The minimum Gasteiger partial charge on any atom is -0.489 e. The summed E-state index contributed by atoms with van der Waals surface area (Å²) in [6, 6.07) is 14.2. The van der Waals surface area contributed by atoms with Crippen LogP contribution in [0.25, 0.3) is 6.08 Å². The summed E-state index contributed by atoms with van der Waals surface area (Å²) in [4.78, 5) is 25.9. The van der Waals surface area contributed by atoms with Gasteiger partial charge in [0.2, 0.25) is 0 Å². The lowest BCUT2D eigenvalue weighted by molar-refractivity contribution is -0.123. The Bertz CT molecular complexity index is 863. The van der Waals surface area contributed by atoms with Crippen LogP contribution in [-0.2, 0) is 11.3 Å². The molecule has 0 unspecified atom stereocenters. The van der Waals surface area contributed by atoms with Gasteiger partial charge in [0.25, 0.3) is 5.91 Å². The maximum absolute atomic E-state index is 12.5. The zero-order valence-electron chi connectivity index (χ0n) is 14.5. The third-order valence-electron chi connectivity index (χ3n) is 3.78. The molecule has 1 N–H and O–H groups in total. The summed E-state index contributed by atoms with van der Waals surface area (Å²) in [6.07, 6.45) is 1.62. The van der Waals surface area contributed by atoms with E-state index in [4.69, 9.17) is 16.3 Å². The van der Waals surface area contributed by atoms with E-state index >= 15 is 0 Å². The molecule has 0 radical (unpaired) electrons. The molecule has 3 amide bonds. The van der Waals surface area contributed by atoms with E-state index in [2.05, 4.69) is 5.32 Å². The Hall–Kier alpha value is -2.79. The van der Waals surface area contributed by atoms with E-state index in [-0.39, 0.29) is 24.3 Å². The summed E-state index contributed by atoms with van der Waals surface area (Å²) in [6.45, 7) is 4.06. The fourth-order valence-corrected chi connectivity index (χ4v) is 2.84. The smallest absolute Gasteiger partial charge is 0.329 e. The van der Waals surface area contributed by atoms with Gasteiger partial charge in [-0.05, 0) is 43.2 Å². The lowest BCUT2D eigenvalue weighted by Crippen LogP contribution is -2.30. The molecule has 2 aromatic carbocycles. The molecule has 1 aliphatic heterocycles. The summed E-state index contributed by atoms with van der Waals surface area (Å²) in [5.74, 6) is 0.216. The van der Waals surface area contributed by atoms with E-state index in [0.29, 0.717) is 16.3 Å². The normalized spacial score (nSPS) is 15.7. The number of carbonyl (C=O) groups excluding carboxylic acids is 2. The van der Waals surface area contributed by atoms with Gasteiger partial charge in [0.05, 0.1) is 17.7 Å². The van der Waals surface area contributed by atoms with Crippen molar-refractivity contribution in [1.29, 1.82) is 0 Å². The highest BCUT2D eigenvalue weighted by atomic mass is 35.5. The van der Waals surface area contributed by atoms with Crippen LogP contribution in [-0.4, -0.2) is 22.9 Å². The number of rotatable bonds is 5. The van der Waals surface area contributed by atoms with Crippen LogP contribution in [0.5, 0.6) is 5.75 Å². The van der Waals surface area contributed by atoms with Crippen molar-refractivity contribution >= 4 is 29.6 Å². The zero-order chi connectivity index (χ0) is 18.7. The molecule has 0 saturated carbocycles. The van der Waals surface area contributed by atoms with Crippen molar-refractivity contribution in [1.82, 2.24) is 10.2 Å². The Kier molecular flexibility index (Phi) is 5.28. The van der Waals surface area contributed by atoms with E-state index in [1.807, 2.05) is 44.2 Å². The zero-order valence-corrected chi connectivity index (χ0v) is 15.3. The molecule has 6 heteroatoms.